The van der Waals surface area contributed by atoms with Gasteiger partial charge in [0, 0.05) is 5.56 Å². The second-order valence-electron chi connectivity index (χ2n) is 5.51. The molecule has 1 aromatic rings. The van der Waals surface area contributed by atoms with Gasteiger partial charge < -0.3 is 0 Å². The maximum Gasteiger partial charge on any atom is 0.287 e. The Kier molecular flexibility index (Phi) is 4.74. The van der Waals surface area contributed by atoms with Crippen molar-refractivity contribution in [1.82, 2.24) is 4.72 Å². The largest absolute Gasteiger partial charge is 0.287 e. The van der Waals surface area contributed by atoms with Crippen LogP contribution in [0.4, 0.5) is 0 Å². The lowest BCUT2D eigenvalue weighted by Crippen LogP contribution is -2.25. The zero-order chi connectivity index (χ0) is 14.7. The molecule has 0 heterocycles. The fourth-order valence-corrected chi connectivity index (χ4v) is 2.56. The molecule has 0 bridgehead atoms. The van der Waals surface area contributed by atoms with Crippen molar-refractivity contribution in [2.24, 2.45) is 0 Å². The summed E-state index contributed by atoms with van der Waals surface area (Å²) in [7, 11) is -3.64. The van der Waals surface area contributed by atoms with Crippen molar-refractivity contribution in [2.75, 3.05) is 5.75 Å². The molecule has 0 unspecified atom stereocenters. The third-order valence-electron chi connectivity index (χ3n) is 2.68. The first kappa shape index (κ1) is 15.7. The summed E-state index contributed by atoms with van der Waals surface area (Å²) in [5.41, 5.74) is 1.38. The highest BCUT2D eigenvalue weighted by Gasteiger charge is 2.19. The predicted molar refractivity (Wildman–Crippen MR) is 75.7 cm³/mol. The Morgan fingerprint density at radius 1 is 1.16 bits per heavy atom. The summed E-state index contributed by atoms with van der Waals surface area (Å²) in [5.74, 6) is -0.798. The van der Waals surface area contributed by atoms with Gasteiger partial charge in [-0.05, 0) is 29.5 Å². The third-order valence-corrected chi connectivity index (χ3v) is 4.05. The summed E-state index contributed by atoms with van der Waals surface area (Å²) in [6, 6.07) is 6.89. The maximum atomic E-state index is 11.8. The Bertz CT molecular complexity index is 539. The molecular weight excluding hydrogens is 262 g/mol. The molecule has 5 heteroatoms. The van der Waals surface area contributed by atoms with Crippen LogP contribution in [0.5, 0.6) is 0 Å². The molecule has 0 aliphatic heterocycles. The first-order chi connectivity index (χ1) is 8.65. The van der Waals surface area contributed by atoms with E-state index in [1.807, 2.05) is 12.1 Å². The van der Waals surface area contributed by atoms with Crippen LogP contribution in [0.15, 0.2) is 24.3 Å². The van der Waals surface area contributed by atoms with Crippen molar-refractivity contribution in [1.29, 1.82) is 0 Å². The molecule has 0 aromatic heterocycles. The van der Waals surface area contributed by atoms with Crippen LogP contribution in [0.25, 0.3) is 0 Å². The van der Waals surface area contributed by atoms with Crippen molar-refractivity contribution in [3.8, 4) is 0 Å². The lowest BCUT2D eigenvalue weighted by atomic mass is 9.87. The van der Waals surface area contributed by atoms with Crippen LogP contribution in [0.2, 0.25) is 0 Å². The Hall–Kier alpha value is -1.36. The SMILES string of the molecule is CCCS(=O)(=O)[N]C(=O)c1ccc(C(C)(C)C)cc1. The number of carbonyl (C=O) groups is 1. The summed E-state index contributed by atoms with van der Waals surface area (Å²) in [6.45, 7) is 7.94. The van der Waals surface area contributed by atoms with E-state index in [0.717, 1.165) is 5.56 Å². The van der Waals surface area contributed by atoms with Gasteiger partial charge in [0.15, 0.2) is 0 Å². The Morgan fingerprint density at radius 3 is 2.11 bits per heavy atom. The molecule has 0 N–H and O–H groups in total. The van der Waals surface area contributed by atoms with Gasteiger partial charge in [0.25, 0.3) is 15.9 Å². The van der Waals surface area contributed by atoms with E-state index >= 15 is 0 Å². The fourth-order valence-electron chi connectivity index (χ4n) is 1.60. The van der Waals surface area contributed by atoms with Gasteiger partial charge in [-0.2, -0.15) is 0 Å². The zero-order valence-corrected chi connectivity index (χ0v) is 12.6. The number of hydrogen-bond donors (Lipinski definition) is 0. The summed E-state index contributed by atoms with van der Waals surface area (Å²) >= 11 is 0. The van der Waals surface area contributed by atoms with Crippen molar-refractivity contribution < 1.29 is 13.2 Å². The first-order valence-electron chi connectivity index (χ1n) is 6.26. The standard InChI is InChI=1S/C14H20NO3S/c1-5-10-19(17,18)15-13(16)11-6-8-12(9-7-11)14(2,3)4/h6-9H,5,10H2,1-4H3. The highest BCUT2D eigenvalue weighted by Crippen LogP contribution is 2.22. The third kappa shape index (κ3) is 4.67. The van der Waals surface area contributed by atoms with E-state index in [-0.39, 0.29) is 11.2 Å². The van der Waals surface area contributed by atoms with Crippen LogP contribution in [0, 0.1) is 0 Å². The van der Waals surface area contributed by atoms with Crippen molar-refractivity contribution >= 4 is 15.9 Å². The van der Waals surface area contributed by atoms with Crippen LogP contribution in [0.1, 0.15) is 50.0 Å². The van der Waals surface area contributed by atoms with Crippen molar-refractivity contribution in [2.45, 2.75) is 39.5 Å². The van der Waals surface area contributed by atoms with Gasteiger partial charge in [-0.15, -0.1) is 4.72 Å². The van der Waals surface area contributed by atoms with Crippen LogP contribution in [-0.2, 0) is 15.4 Å². The topological polar surface area (TPSA) is 65.3 Å². The highest BCUT2D eigenvalue weighted by atomic mass is 32.2. The second kappa shape index (κ2) is 5.74. The Morgan fingerprint density at radius 2 is 1.68 bits per heavy atom. The van der Waals surface area contributed by atoms with E-state index in [1.54, 1.807) is 19.1 Å². The lowest BCUT2D eigenvalue weighted by molar-refractivity contribution is 0.0978. The van der Waals surface area contributed by atoms with E-state index in [9.17, 15) is 13.2 Å². The highest BCUT2D eigenvalue weighted by molar-refractivity contribution is 7.89. The molecule has 1 radical (unpaired) electrons. The molecule has 0 aliphatic carbocycles. The summed E-state index contributed by atoms with van der Waals surface area (Å²) < 4.78 is 26.2. The minimum absolute atomic E-state index is 0.00694. The van der Waals surface area contributed by atoms with Crippen molar-refractivity contribution in [3.05, 3.63) is 35.4 Å². The number of nitrogens with zero attached hydrogens (tertiary/aromatic N) is 1. The summed E-state index contributed by atoms with van der Waals surface area (Å²) in [4.78, 5) is 11.8. The summed E-state index contributed by atoms with van der Waals surface area (Å²) in [5, 5.41) is 0. The predicted octanol–water partition coefficient (Wildman–Crippen LogP) is 2.47. The Balaban J connectivity index is 2.85. The van der Waals surface area contributed by atoms with E-state index in [4.69, 9.17) is 0 Å². The smallest absolute Gasteiger partial charge is 0.266 e. The number of hydrogen-bond acceptors (Lipinski definition) is 3. The van der Waals surface area contributed by atoms with Gasteiger partial charge in [0.05, 0.1) is 5.75 Å². The van der Waals surface area contributed by atoms with Gasteiger partial charge in [-0.1, -0.05) is 39.8 Å². The maximum absolute atomic E-state index is 11.8. The van der Waals surface area contributed by atoms with Gasteiger partial charge >= 0.3 is 0 Å². The zero-order valence-electron chi connectivity index (χ0n) is 11.8. The molecule has 105 valence electrons. The van der Waals surface area contributed by atoms with E-state index in [0.29, 0.717) is 12.0 Å². The van der Waals surface area contributed by atoms with E-state index < -0.39 is 15.9 Å². The molecule has 1 aromatic carbocycles. The van der Waals surface area contributed by atoms with E-state index in [1.165, 1.54) is 0 Å². The fraction of sp³-hybridized carbons (Fsp3) is 0.500. The number of benzene rings is 1. The number of amides is 1. The van der Waals surface area contributed by atoms with Crippen LogP contribution < -0.4 is 4.72 Å². The van der Waals surface area contributed by atoms with Crippen LogP contribution in [0.3, 0.4) is 0 Å². The molecule has 4 nitrogen and oxygen atoms in total. The molecule has 1 rings (SSSR count). The minimum Gasteiger partial charge on any atom is -0.266 e. The van der Waals surface area contributed by atoms with Crippen molar-refractivity contribution in [3.63, 3.8) is 0 Å². The summed E-state index contributed by atoms with van der Waals surface area (Å²) in [6.07, 6.45) is 0.447. The van der Waals surface area contributed by atoms with Crippen LogP contribution >= 0.6 is 0 Å². The molecule has 0 aliphatic rings. The average Bonchev–Trinajstić information content (AvgIpc) is 2.27. The average molecular weight is 282 g/mol. The van der Waals surface area contributed by atoms with Gasteiger partial charge in [0.1, 0.15) is 0 Å². The van der Waals surface area contributed by atoms with Gasteiger partial charge in [-0.3, -0.25) is 4.79 Å². The first-order valence-corrected chi connectivity index (χ1v) is 7.87. The van der Waals surface area contributed by atoms with Gasteiger partial charge in [-0.25, -0.2) is 8.42 Å². The molecule has 0 saturated carbocycles. The number of sulfonamides is 1. The van der Waals surface area contributed by atoms with Gasteiger partial charge in [0.2, 0.25) is 0 Å². The molecule has 0 spiro atoms. The Labute approximate surface area is 115 Å². The normalized spacial score (nSPS) is 12.2. The molecule has 19 heavy (non-hydrogen) atoms. The second-order valence-corrected chi connectivity index (χ2v) is 7.26. The minimum atomic E-state index is -3.64. The number of carbonyl (C=O) groups excluding carboxylic acids is 1. The molecule has 1 amide bonds. The quantitative estimate of drug-likeness (QED) is 0.852. The molecular formula is C14H20NO3S. The number of rotatable bonds is 4. The molecule has 0 fully saturated rings. The van der Waals surface area contributed by atoms with Crippen LogP contribution in [-0.4, -0.2) is 20.1 Å². The molecule has 0 atom stereocenters. The van der Waals surface area contributed by atoms with E-state index in [2.05, 4.69) is 25.5 Å². The lowest BCUT2D eigenvalue weighted by Gasteiger charge is -2.18. The monoisotopic (exact) mass is 282 g/mol. The molecule has 0 saturated heterocycles.